The van der Waals surface area contributed by atoms with E-state index in [-0.39, 0.29) is 11.4 Å². The number of hydrogen-bond donors (Lipinski definition) is 3. The normalized spacial score (nSPS) is 12.4. The molecule has 124 valence electrons. The van der Waals surface area contributed by atoms with Gasteiger partial charge >= 0.3 is 0 Å². The highest BCUT2D eigenvalue weighted by Crippen LogP contribution is 2.09. The van der Waals surface area contributed by atoms with E-state index >= 15 is 0 Å². The summed E-state index contributed by atoms with van der Waals surface area (Å²) in [4.78, 5) is 4.49. The summed E-state index contributed by atoms with van der Waals surface area (Å²) < 4.78 is 13.5. The zero-order valence-corrected chi connectivity index (χ0v) is 14.4. The van der Waals surface area contributed by atoms with Crippen molar-refractivity contribution >= 4 is 5.96 Å². The lowest BCUT2D eigenvalue weighted by molar-refractivity contribution is 0.428. The number of aliphatic imine (C=N–C) groups is 1. The number of benzene rings is 1. The van der Waals surface area contributed by atoms with Crippen LogP contribution in [0.3, 0.4) is 0 Å². The molecule has 1 aromatic carbocycles. The maximum atomic E-state index is 13.5. The minimum Gasteiger partial charge on any atom is -0.357 e. The molecule has 3 N–H and O–H groups in total. The van der Waals surface area contributed by atoms with E-state index < -0.39 is 0 Å². The molecule has 22 heavy (non-hydrogen) atoms. The molecule has 0 radical (unpaired) electrons. The Bertz CT molecular complexity index is 492. The first-order valence-corrected chi connectivity index (χ1v) is 7.84. The molecule has 0 bridgehead atoms. The van der Waals surface area contributed by atoms with Crippen LogP contribution in [0.4, 0.5) is 4.39 Å². The van der Waals surface area contributed by atoms with Crippen molar-refractivity contribution in [1.82, 2.24) is 16.0 Å². The summed E-state index contributed by atoms with van der Waals surface area (Å²) in [6.07, 6.45) is 0. The van der Waals surface area contributed by atoms with Crippen LogP contribution in [-0.2, 0) is 6.54 Å². The lowest BCUT2D eigenvalue weighted by Crippen LogP contribution is -2.44. The Labute approximate surface area is 133 Å². The van der Waals surface area contributed by atoms with Crippen LogP contribution in [0.2, 0.25) is 0 Å². The summed E-state index contributed by atoms with van der Waals surface area (Å²) in [6.45, 7) is 13.1. The predicted molar refractivity (Wildman–Crippen MR) is 91.7 cm³/mol. The van der Waals surface area contributed by atoms with E-state index in [4.69, 9.17) is 0 Å². The first-order chi connectivity index (χ1) is 10.3. The summed E-state index contributed by atoms with van der Waals surface area (Å²) in [5, 5.41) is 9.88. The molecule has 4 nitrogen and oxygen atoms in total. The molecule has 0 aliphatic heterocycles. The van der Waals surface area contributed by atoms with Crippen LogP contribution in [0.1, 0.15) is 38.8 Å². The molecule has 5 heteroatoms. The molecule has 1 rings (SSSR count). The van der Waals surface area contributed by atoms with Crippen LogP contribution in [0.5, 0.6) is 0 Å². The second kappa shape index (κ2) is 8.73. The van der Waals surface area contributed by atoms with E-state index in [1.807, 2.05) is 13.0 Å². The average Bonchev–Trinajstić information content (AvgIpc) is 2.43. The molecule has 0 unspecified atom stereocenters. The van der Waals surface area contributed by atoms with Crippen molar-refractivity contribution in [2.45, 2.75) is 46.7 Å². The molecule has 0 atom stereocenters. The minimum absolute atomic E-state index is 0.108. The van der Waals surface area contributed by atoms with Gasteiger partial charge in [-0.3, -0.25) is 0 Å². The average molecular weight is 308 g/mol. The lowest BCUT2D eigenvalue weighted by Gasteiger charge is -2.21. The van der Waals surface area contributed by atoms with Gasteiger partial charge in [0.2, 0.25) is 0 Å². The third kappa shape index (κ3) is 7.41. The topological polar surface area (TPSA) is 48.5 Å². The van der Waals surface area contributed by atoms with Gasteiger partial charge in [-0.15, -0.1) is 0 Å². The van der Waals surface area contributed by atoms with Gasteiger partial charge in [0, 0.05) is 25.2 Å². The number of aryl methyl sites for hydroxylation is 1. The standard InChI is InChI=1S/C17H29FN4/c1-6-19-16(20-9-10-22-17(3,4)5)21-12-14-8-7-13(2)15(18)11-14/h7-8,11,22H,6,9-10,12H2,1-5H3,(H2,19,20,21). The lowest BCUT2D eigenvalue weighted by atomic mass is 10.1. The summed E-state index contributed by atoms with van der Waals surface area (Å²) in [5.41, 5.74) is 1.63. The molecule has 0 amide bonds. The van der Waals surface area contributed by atoms with Gasteiger partial charge in [-0.1, -0.05) is 12.1 Å². The van der Waals surface area contributed by atoms with E-state index in [1.54, 1.807) is 19.1 Å². The Morgan fingerprint density at radius 2 is 1.91 bits per heavy atom. The van der Waals surface area contributed by atoms with Gasteiger partial charge in [0.25, 0.3) is 0 Å². The van der Waals surface area contributed by atoms with E-state index in [0.29, 0.717) is 12.1 Å². The van der Waals surface area contributed by atoms with E-state index in [2.05, 4.69) is 41.7 Å². The van der Waals surface area contributed by atoms with Crippen LogP contribution >= 0.6 is 0 Å². The second-order valence-electron chi connectivity index (χ2n) is 6.38. The van der Waals surface area contributed by atoms with Crippen LogP contribution in [0, 0.1) is 12.7 Å². The van der Waals surface area contributed by atoms with Crippen LogP contribution in [0.15, 0.2) is 23.2 Å². The van der Waals surface area contributed by atoms with Gasteiger partial charge in [-0.05, 0) is 51.8 Å². The molecule has 0 spiro atoms. The Morgan fingerprint density at radius 1 is 1.18 bits per heavy atom. The summed E-state index contributed by atoms with van der Waals surface area (Å²) in [6, 6.07) is 5.24. The number of guanidine groups is 1. The summed E-state index contributed by atoms with van der Waals surface area (Å²) in [5.74, 6) is 0.569. The van der Waals surface area contributed by atoms with E-state index in [9.17, 15) is 4.39 Å². The molecular formula is C17H29FN4. The number of nitrogens with zero attached hydrogens (tertiary/aromatic N) is 1. The number of hydrogen-bond acceptors (Lipinski definition) is 2. The van der Waals surface area contributed by atoms with Crippen LogP contribution < -0.4 is 16.0 Å². The van der Waals surface area contributed by atoms with Gasteiger partial charge < -0.3 is 16.0 Å². The number of halogens is 1. The van der Waals surface area contributed by atoms with Crippen molar-refractivity contribution < 1.29 is 4.39 Å². The summed E-state index contributed by atoms with van der Waals surface area (Å²) >= 11 is 0. The van der Waals surface area contributed by atoms with Crippen molar-refractivity contribution in [3.8, 4) is 0 Å². The van der Waals surface area contributed by atoms with Crippen LogP contribution in [-0.4, -0.2) is 31.1 Å². The molecule has 0 fully saturated rings. The van der Waals surface area contributed by atoms with Gasteiger partial charge in [-0.25, -0.2) is 9.38 Å². The second-order valence-corrected chi connectivity index (χ2v) is 6.38. The third-order valence-corrected chi connectivity index (χ3v) is 3.07. The maximum Gasteiger partial charge on any atom is 0.191 e. The molecule has 0 saturated carbocycles. The van der Waals surface area contributed by atoms with E-state index in [1.165, 1.54) is 0 Å². The fraction of sp³-hybridized carbons (Fsp3) is 0.588. The summed E-state index contributed by atoms with van der Waals surface area (Å²) in [7, 11) is 0. The Hall–Kier alpha value is -1.62. The Kier molecular flexibility index (Phi) is 7.32. The minimum atomic E-state index is -0.181. The molecule has 1 aromatic rings. The third-order valence-electron chi connectivity index (χ3n) is 3.07. The van der Waals surface area contributed by atoms with Gasteiger partial charge in [0.15, 0.2) is 5.96 Å². The van der Waals surface area contributed by atoms with Crippen molar-refractivity contribution in [1.29, 1.82) is 0 Å². The van der Waals surface area contributed by atoms with E-state index in [0.717, 1.165) is 31.2 Å². The molecule has 0 aromatic heterocycles. The highest BCUT2D eigenvalue weighted by atomic mass is 19.1. The van der Waals surface area contributed by atoms with Crippen molar-refractivity contribution in [2.24, 2.45) is 4.99 Å². The Balaban J connectivity index is 2.52. The molecule has 0 aliphatic carbocycles. The largest absolute Gasteiger partial charge is 0.357 e. The van der Waals surface area contributed by atoms with Crippen molar-refractivity contribution in [3.63, 3.8) is 0 Å². The molecular weight excluding hydrogens is 279 g/mol. The molecule has 0 aliphatic rings. The smallest absolute Gasteiger partial charge is 0.191 e. The highest BCUT2D eigenvalue weighted by Gasteiger charge is 2.07. The first kappa shape index (κ1) is 18.4. The monoisotopic (exact) mass is 308 g/mol. The zero-order chi connectivity index (χ0) is 16.6. The molecule has 0 heterocycles. The SMILES string of the molecule is CCNC(=NCc1ccc(C)c(F)c1)NCCNC(C)(C)C. The highest BCUT2D eigenvalue weighted by molar-refractivity contribution is 5.79. The number of rotatable bonds is 6. The van der Waals surface area contributed by atoms with Gasteiger partial charge in [-0.2, -0.15) is 0 Å². The van der Waals surface area contributed by atoms with Gasteiger partial charge in [0.05, 0.1) is 6.54 Å². The fourth-order valence-electron chi connectivity index (χ4n) is 1.87. The van der Waals surface area contributed by atoms with Crippen LogP contribution in [0.25, 0.3) is 0 Å². The zero-order valence-electron chi connectivity index (χ0n) is 14.4. The Morgan fingerprint density at radius 3 is 2.50 bits per heavy atom. The maximum absolute atomic E-state index is 13.5. The fourth-order valence-corrected chi connectivity index (χ4v) is 1.87. The van der Waals surface area contributed by atoms with Crippen molar-refractivity contribution in [3.05, 3.63) is 35.1 Å². The van der Waals surface area contributed by atoms with Crippen molar-refractivity contribution in [2.75, 3.05) is 19.6 Å². The quantitative estimate of drug-likeness (QED) is 0.430. The van der Waals surface area contributed by atoms with Gasteiger partial charge in [0.1, 0.15) is 5.82 Å². The first-order valence-electron chi connectivity index (χ1n) is 7.84. The molecule has 0 saturated heterocycles. The number of nitrogens with one attached hydrogen (secondary N) is 3. The predicted octanol–water partition coefficient (Wildman–Crippen LogP) is 2.58.